The molecular weight excluding hydrogens is 228 g/mol. The Kier molecular flexibility index (Phi) is 3.62. The number of rotatable bonds is 4. The van der Waals surface area contributed by atoms with Crippen LogP contribution >= 0.6 is 0 Å². The maximum absolute atomic E-state index is 12.0. The molecule has 0 saturated carbocycles. The number of amides is 1. The van der Waals surface area contributed by atoms with Gasteiger partial charge >= 0.3 is 0 Å². The van der Waals surface area contributed by atoms with E-state index >= 15 is 0 Å². The smallest absolute Gasteiger partial charge is 0.251 e. The lowest BCUT2D eigenvalue weighted by Crippen LogP contribution is -2.26. The molecule has 0 radical (unpaired) electrons. The Labute approximate surface area is 105 Å². The van der Waals surface area contributed by atoms with Gasteiger partial charge in [0.15, 0.2) is 0 Å². The van der Waals surface area contributed by atoms with Gasteiger partial charge in [-0.1, -0.05) is 6.07 Å². The van der Waals surface area contributed by atoms with E-state index in [1.54, 1.807) is 24.7 Å². The van der Waals surface area contributed by atoms with Crippen LogP contribution in [0.5, 0.6) is 0 Å². The Morgan fingerprint density at radius 3 is 3.06 bits per heavy atom. The van der Waals surface area contributed by atoms with Gasteiger partial charge in [-0.05, 0) is 24.6 Å². The van der Waals surface area contributed by atoms with Crippen molar-refractivity contribution in [1.82, 2.24) is 15.3 Å². The highest BCUT2D eigenvalue weighted by Crippen LogP contribution is 2.12. The van der Waals surface area contributed by atoms with Crippen molar-refractivity contribution >= 4 is 11.6 Å². The molecule has 4 N–H and O–H groups in total. The standard InChI is InChI=1S/C13H16N4O/c1-9-2-3-10(14)6-12(9)13(18)16-5-4-11-7-15-8-17-11/h2-3,6-8H,4-5,14H2,1H3,(H,15,17)(H,16,18). The number of nitrogen functional groups attached to an aromatic ring is 1. The number of aryl methyl sites for hydroxylation is 1. The summed E-state index contributed by atoms with van der Waals surface area (Å²) in [5.74, 6) is -0.0979. The Balaban J connectivity index is 1.93. The molecule has 0 atom stereocenters. The van der Waals surface area contributed by atoms with Crippen LogP contribution in [0.25, 0.3) is 0 Å². The predicted molar refractivity (Wildman–Crippen MR) is 70.2 cm³/mol. The summed E-state index contributed by atoms with van der Waals surface area (Å²) >= 11 is 0. The molecule has 5 nitrogen and oxygen atoms in total. The minimum atomic E-state index is -0.0979. The number of nitrogens with zero attached hydrogens (tertiary/aromatic N) is 1. The van der Waals surface area contributed by atoms with Crippen molar-refractivity contribution in [3.05, 3.63) is 47.5 Å². The van der Waals surface area contributed by atoms with Crippen LogP contribution in [0, 0.1) is 6.92 Å². The average Bonchev–Trinajstić information content (AvgIpc) is 2.85. The monoisotopic (exact) mass is 244 g/mol. The van der Waals surface area contributed by atoms with Gasteiger partial charge in [0, 0.05) is 36.1 Å². The number of hydrogen-bond acceptors (Lipinski definition) is 3. The fourth-order valence-corrected chi connectivity index (χ4v) is 1.71. The van der Waals surface area contributed by atoms with Crippen LogP contribution in [-0.2, 0) is 6.42 Å². The summed E-state index contributed by atoms with van der Waals surface area (Å²) in [6, 6.07) is 5.33. The second kappa shape index (κ2) is 5.35. The van der Waals surface area contributed by atoms with Crippen molar-refractivity contribution in [2.75, 3.05) is 12.3 Å². The number of anilines is 1. The fourth-order valence-electron chi connectivity index (χ4n) is 1.71. The van der Waals surface area contributed by atoms with E-state index in [-0.39, 0.29) is 5.91 Å². The predicted octanol–water partition coefficient (Wildman–Crippen LogP) is 1.27. The molecule has 0 aliphatic heterocycles. The van der Waals surface area contributed by atoms with Crippen LogP contribution in [-0.4, -0.2) is 22.4 Å². The third-order valence-electron chi connectivity index (χ3n) is 2.74. The first-order valence-electron chi connectivity index (χ1n) is 5.78. The Morgan fingerprint density at radius 2 is 2.33 bits per heavy atom. The van der Waals surface area contributed by atoms with Gasteiger partial charge in [-0.15, -0.1) is 0 Å². The average molecular weight is 244 g/mol. The van der Waals surface area contributed by atoms with E-state index in [4.69, 9.17) is 5.73 Å². The number of benzene rings is 1. The lowest BCUT2D eigenvalue weighted by Gasteiger charge is -2.07. The Bertz CT molecular complexity index is 534. The van der Waals surface area contributed by atoms with E-state index < -0.39 is 0 Å². The quantitative estimate of drug-likeness (QED) is 0.708. The molecule has 0 spiro atoms. The summed E-state index contributed by atoms with van der Waals surface area (Å²) in [6.07, 6.45) is 4.10. The van der Waals surface area contributed by atoms with Gasteiger partial charge in [0.25, 0.3) is 5.91 Å². The second-order valence-corrected chi connectivity index (χ2v) is 4.16. The molecule has 94 valence electrons. The second-order valence-electron chi connectivity index (χ2n) is 4.16. The van der Waals surface area contributed by atoms with E-state index in [9.17, 15) is 4.79 Å². The lowest BCUT2D eigenvalue weighted by molar-refractivity contribution is 0.0953. The molecule has 1 aromatic heterocycles. The molecule has 0 bridgehead atoms. The first kappa shape index (κ1) is 12.2. The van der Waals surface area contributed by atoms with Crippen molar-refractivity contribution < 1.29 is 4.79 Å². The largest absolute Gasteiger partial charge is 0.399 e. The molecule has 1 amide bonds. The zero-order valence-corrected chi connectivity index (χ0v) is 10.2. The maximum atomic E-state index is 12.0. The molecule has 0 fully saturated rings. The van der Waals surface area contributed by atoms with Gasteiger partial charge < -0.3 is 16.0 Å². The summed E-state index contributed by atoms with van der Waals surface area (Å²) in [7, 11) is 0. The molecule has 0 saturated heterocycles. The SMILES string of the molecule is Cc1ccc(N)cc1C(=O)NCCc1cnc[nH]1. The minimum Gasteiger partial charge on any atom is -0.399 e. The number of carbonyl (C=O) groups excluding carboxylic acids is 1. The van der Waals surface area contributed by atoms with E-state index in [2.05, 4.69) is 15.3 Å². The molecule has 2 aromatic rings. The third kappa shape index (κ3) is 2.88. The van der Waals surface area contributed by atoms with Gasteiger partial charge in [0.05, 0.1) is 6.33 Å². The highest BCUT2D eigenvalue weighted by Gasteiger charge is 2.08. The first-order valence-corrected chi connectivity index (χ1v) is 5.78. The number of nitrogens with two attached hydrogens (primary N) is 1. The third-order valence-corrected chi connectivity index (χ3v) is 2.74. The highest BCUT2D eigenvalue weighted by atomic mass is 16.1. The van der Waals surface area contributed by atoms with Gasteiger partial charge in [0.1, 0.15) is 0 Å². The van der Waals surface area contributed by atoms with Crippen molar-refractivity contribution in [3.63, 3.8) is 0 Å². The van der Waals surface area contributed by atoms with Crippen LogP contribution in [0.2, 0.25) is 0 Å². The highest BCUT2D eigenvalue weighted by molar-refractivity contribution is 5.96. The zero-order valence-electron chi connectivity index (χ0n) is 10.2. The normalized spacial score (nSPS) is 10.3. The molecule has 0 unspecified atom stereocenters. The van der Waals surface area contributed by atoms with Crippen LogP contribution < -0.4 is 11.1 Å². The number of imidazole rings is 1. The van der Waals surface area contributed by atoms with E-state index in [0.29, 0.717) is 17.8 Å². The summed E-state index contributed by atoms with van der Waals surface area (Å²) in [4.78, 5) is 18.9. The van der Waals surface area contributed by atoms with Crippen LogP contribution in [0.3, 0.4) is 0 Å². The topological polar surface area (TPSA) is 83.8 Å². The number of hydrogen-bond donors (Lipinski definition) is 3. The van der Waals surface area contributed by atoms with Gasteiger partial charge in [-0.3, -0.25) is 4.79 Å². The number of H-pyrrole nitrogens is 1. The number of aromatic nitrogens is 2. The summed E-state index contributed by atoms with van der Waals surface area (Å²) in [5.41, 5.74) is 8.82. The van der Waals surface area contributed by atoms with Crippen LogP contribution in [0.4, 0.5) is 5.69 Å². The van der Waals surface area contributed by atoms with E-state index in [1.807, 2.05) is 13.0 Å². The van der Waals surface area contributed by atoms with Crippen molar-refractivity contribution in [1.29, 1.82) is 0 Å². The molecule has 1 aromatic carbocycles. The number of nitrogens with one attached hydrogen (secondary N) is 2. The van der Waals surface area contributed by atoms with Gasteiger partial charge in [-0.2, -0.15) is 0 Å². The number of aromatic amines is 1. The Morgan fingerprint density at radius 1 is 1.50 bits per heavy atom. The molecule has 2 rings (SSSR count). The van der Waals surface area contributed by atoms with Crippen molar-refractivity contribution in [2.45, 2.75) is 13.3 Å². The molecule has 1 heterocycles. The molecular formula is C13H16N4O. The fraction of sp³-hybridized carbons (Fsp3) is 0.231. The molecule has 0 aliphatic rings. The van der Waals surface area contributed by atoms with Gasteiger partial charge in [-0.25, -0.2) is 4.98 Å². The maximum Gasteiger partial charge on any atom is 0.251 e. The summed E-state index contributed by atoms with van der Waals surface area (Å²) < 4.78 is 0. The van der Waals surface area contributed by atoms with Crippen molar-refractivity contribution in [3.8, 4) is 0 Å². The van der Waals surface area contributed by atoms with E-state index in [0.717, 1.165) is 17.7 Å². The Hall–Kier alpha value is -2.30. The molecule has 5 heteroatoms. The van der Waals surface area contributed by atoms with Crippen LogP contribution in [0.15, 0.2) is 30.7 Å². The van der Waals surface area contributed by atoms with Gasteiger partial charge in [0.2, 0.25) is 0 Å². The first-order chi connectivity index (χ1) is 8.66. The number of carbonyl (C=O) groups is 1. The zero-order chi connectivity index (χ0) is 13.0. The molecule has 0 aliphatic carbocycles. The molecule has 18 heavy (non-hydrogen) atoms. The summed E-state index contributed by atoms with van der Waals surface area (Å²) in [5, 5.41) is 2.86. The van der Waals surface area contributed by atoms with Crippen LogP contribution in [0.1, 0.15) is 21.6 Å². The lowest BCUT2D eigenvalue weighted by atomic mass is 10.1. The van der Waals surface area contributed by atoms with Crippen molar-refractivity contribution in [2.24, 2.45) is 0 Å². The van der Waals surface area contributed by atoms with E-state index in [1.165, 1.54) is 0 Å². The summed E-state index contributed by atoms with van der Waals surface area (Å²) in [6.45, 7) is 2.46. The minimum absolute atomic E-state index is 0.0979.